The molecule has 5 rings (SSSR count). The van der Waals surface area contributed by atoms with Crippen molar-refractivity contribution in [2.75, 3.05) is 20.6 Å². The van der Waals surface area contributed by atoms with Gasteiger partial charge in [-0.15, -0.1) is 0 Å². The number of aromatic nitrogens is 3. The SMILES string of the molecule is CN(C)Cc1ccc(C2NCc3cc(F)cc4c3C(=NCC4=O)C2c2ncnn2C)cc1. The molecule has 0 fully saturated rings. The topological polar surface area (TPSA) is 75.4 Å². The summed E-state index contributed by atoms with van der Waals surface area (Å²) < 4.78 is 16.1. The molecule has 1 N–H and O–H groups in total. The van der Waals surface area contributed by atoms with Crippen molar-refractivity contribution in [1.82, 2.24) is 25.0 Å². The van der Waals surface area contributed by atoms with Gasteiger partial charge in [0.15, 0.2) is 5.78 Å². The van der Waals surface area contributed by atoms with Crippen LogP contribution in [0.3, 0.4) is 0 Å². The molecule has 2 unspecified atom stereocenters. The summed E-state index contributed by atoms with van der Waals surface area (Å²) >= 11 is 0. The molecule has 0 saturated carbocycles. The quantitative estimate of drug-likeness (QED) is 0.686. The number of nitrogens with zero attached hydrogens (tertiary/aromatic N) is 5. The molecule has 0 radical (unpaired) electrons. The van der Waals surface area contributed by atoms with Crippen LogP contribution in [0.15, 0.2) is 47.7 Å². The van der Waals surface area contributed by atoms with Gasteiger partial charge in [-0.2, -0.15) is 5.10 Å². The second kappa shape index (κ2) is 8.03. The Bertz CT molecular complexity index is 1210. The van der Waals surface area contributed by atoms with Crippen LogP contribution in [-0.4, -0.2) is 51.8 Å². The Labute approximate surface area is 186 Å². The Morgan fingerprint density at radius 1 is 1.22 bits per heavy atom. The van der Waals surface area contributed by atoms with Gasteiger partial charge in [-0.1, -0.05) is 24.3 Å². The van der Waals surface area contributed by atoms with E-state index in [0.717, 1.165) is 34.8 Å². The Kier molecular flexibility index (Phi) is 5.19. The number of carbonyl (C=O) groups is 1. The van der Waals surface area contributed by atoms with Crippen LogP contribution in [0.1, 0.15) is 50.4 Å². The fourth-order valence-corrected chi connectivity index (χ4v) is 4.76. The standard InChI is InChI=1S/C24H25FN6O/c1-30(2)12-14-4-6-15(7-5-14)22-21(24-28-13-29-31(24)3)23-20-16(10-26-22)8-17(25)9-18(20)19(32)11-27-23/h4-9,13,21-22,26H,10-12H2,1-3H3. The molecule has 2 aromatic carbocycles. The maximum Gasteiger partial charge on any atom is 0.184 e. The van der Waals surface area contributed by atoms with Crippen LogP contribution in [0, 0.1) is 5.82 Å². The van der Waals surface area contributed by atoms with Crippen LogP contribution in [0.5, 0.6) is 0 Å². The minimum absolute atomic E-state index is 0.00801. The van der Waals surface area contributed by atoms with Gasteiger partial charge in [-0.05, 0) is 42.9 Å². The Hall–Kier alpha value is -3.23. The number of aliphatic imine (C=N–C) groups is 1. The smallest absolute Gasteiger partial charge is 0.184 e. The number of hydrogen-bond donors (Lipinski definition) is 1. The number of hydrogen-bond acceptors (Lipinski definition) is 6. The van der Waals surface area contributed by atoms with Crippen molar-refractivity contribution in [2.45, 2.75) is 25.0 Å². The first kappa shape index (κ1) is 20.7. The fraction of sp³-hybridized carbons (Fsp3) is 0.333. The van der Waals surface area contributed by atoms with Gasteiger partial charge in [0.1, 0.15) is 24.5 Å². The van der Waals surface area contributed by atoms with E-state index in [0.29, 0.717) is 12.1 Å². The first-order valence-electron chi connectivity index (χ1n) is 10.6. The number of Topliss-reactive ketones (excluding diaryl/α,β-unsaturated/α-hetero) is 1. The highest BCUT2D eigenvalue weighted by atomic mass is 19.1. The largest absolute Gasteiger partial charge is 0.305 e. The molecule has 8 heteroatoms. The van der Waals surface area contributed by atoms with Gasteiger partial charge in [-0.3, -0.25) is 14.5 Å². The molecule has 164 valence electrons. The zero-order valence-electron chi connectivity index (χ0n) is 18.3. The van der Waals surface area contributed by atoms with Crippen molar-refractivity contribution >= 4 is 11.5 Å². The molecule has 3 heterocycles. The van der Waals surface area contributed by atoms with Gasteiger partial charge in [-0.25, -0.2) is 9.37 Å². The van der Waals surface area contributed by atoms with Crippen molar-refractivity contribution < 1.29 is 9.18 Å². The summed E-state index contributed by atoms with van der Waals surface area (Å²) in [6, 6.07) is 11.1. The van der Waals surface area contributed by atoms with E-state index in [1.165, 1.54) is 24.0 Å². The summed E-state index contributed by atoms with van der Waals surface area (Å²) in [6.45, 7) is 1.28. The molecule has 0 spiro atoms. The van der Waals surface area contributed by atoms with Gasteiger partial charge in [0.05, 0.1) is 11.6 Å². The molecule has 1 aromatic heterocycles. The van der Waals surface area contributed by atoms with Crippen LogP contribution in [0.4, 0.5) is 4.39 Å². The van der Waals surface area contributed by atoms with Crippen molar-refractivity contribution in [2.24, 2.45) is 12.0 Å². The lowest BCUT2D eigenvalue weighted by Crippen LogP contribution is -2.32. The molecule has 0 saturated heterocycles. The lowest BCUT2D eigenvalue weighted by atomic mass is 9.82. The minimum atomic E-state index is -0.406. The van der Waals surface area contributed by atoms with Crippen LogP contribution in [0.2, 0.25) is 0 Å². The number of ketones is 1. The highest BCUT2D eigenvalue weighted by Crippen LogP contribution is 2.39. The third-order valence-electron chi connectivity index (χ3n) is 6.14. The van der Waals surface area contributed by atoms with Crippen molar-refractivity contribution in [1.29, 1.82) is 0 Å². The van der Waals surface area contributed by atoms with Crippen LogP contribution >= 0.6 is 0 Å². The average molecular weight is 433 g/mol. The van der Waals surface area contributed by atoms with Crippen LogP contribution < -0.4 is 5.32 Å². The van der Waals surface area contributed by atoms with E-state index in [-0.39, 0.29) is 24.3 Å². The predicted octanol–water partition coefficient (Wildman–Crippen LogP) is 2.63. The zero-order chi connectivity index (χ0) is 22.4. The first-order chi connectivity index (χ1) is 15.4. The van der Waals surface area contributed by atoms with E-state index in [2.05, 4.69) is 44.6 Å². The Balaban J connectivity index is 1.66. The summed E-state index contributed by atoms with van der Waals surface area (Å²) in [5.74, 6) is -0.0959. The summed E-state index contributed by atoms with van der Waals surface area (Å²) in [7, 11) is 5.94. The molecule has 0 bridgehead atoms. The molecule has 2 aliphatic rings. The third kappa shape index (κ3) is 3.55. The maximum absolute atomic E-state index is 14.4. The normalized spacial score (nSPS) is 20.2. The molecule has 7 nitrogen and oxygen atoms in total. The minimum Gasteiger partial charge on any atom is -0.305 e. The summed E-state index contributed by atoms with van der Waals surface area (Å²) in [4.78, 5) is 24.0. The van der Waals surface area contributed by atoms with Gasteiger partial charge in [0, 0.05) is 37.3 Å². The Morgan fingerprint density at radius 3 is 2.69 bits per heavy atom. The van der Waals surface area contributed by atoms with Gasteiger partial charge in [0.25, 0.3) is 0 Å². The van der Waals surface area contributed by atoms with E-state index in [1.807, 2.05) is 21.1 Å². The van der Waals surface area contributed by atoms with Gasteiger partial charge >= 0.3 is 0 Å². The van der Waals surface area contributed by atoms with Crippen molar-refractivity contribution in [3.63, 3.8) is 0 Å². The molecular weight excluding hydrogens is 407 g/mol. The second-order valence-corrected chi connectivity index (χ2v) is 8.67. The molecule has 2 aliphatic heterocycles. The van der Waals surface area contributed by atoms with Crippen molar-refractivity contribution in [3.8, 4) is 0 Å². The van der Waals surface area contributed by atoms with E-state index < -0.39 is 5.82 Å². The molecule has 3 aromatic rings. The van der Waals surface area contributed by atoms with Crippen LogP contribution in [-0.2, 0) is 20.1 Å². The predicted molar refractivity (Wildman–Crippen MR) is 119 cm³/mol. The third-order valence-corrected chi connectivity index (χ3v) is 6.14. The van der Waals surface area contributed by atoms with Crippen LogP contribution in [0.25, 0.3) is 0 Å². The number of aryl methyl sites for hydroxylation is 1. The van der Waals surface area contributed by atoms with E-state index in [1.54, 1.807) is 4.68 Å². The number of rotatable bonds is 4. The maximum atomic E-state index is 14.4. The first-order valence-corrected chi connectivity index (χ1v) is 10.6. The zero-order valence-corrected chi connectivity index (χ0v) is 18.3. The number of benzene rings is 2. The lowest BCUT2D eigenvalue weighted by molar-refractivity contribution is 0.0999. The lowest BCUT2D eigenvalue weighted by Gasteiger charge is -2.28. The number of carbonyl (C=O) groups excluding carboxylic acids is 1. The highest BCUT2D eigenvalue weighted by Gasteiger charge is 2.40. The Morgan fingerprint density at radius 2 is 2.00 bits per heavy atom. The van der Waals surface area contributed by atoms with E-state index in [4.69, 9.17) is 4.99 Å². The number of nitrogens with one attached hydrogen (secondary N) is 1. The molecule has 2 atom stereocenters. The summed E-state index contributed by atoms with van der Waals surface area (Å²) in [5.41, 5.74) is 4.94. The molecule has 0 aliphatic carbocycles. The second-order valence-electron chi connectivity index (χ2n) is 8.67. The summed E-state index contributed by atoms with van der Waals surface area (Å²) in [6.07, 6.45) is 1.53. The average Bonchev–Trinajstić information content (AvgIpc) is 3.10. The number of halogens is 1. The highest BCUT2D eigenvalue weighted by molar-refractivity contribution is 6.18. The van der Waals surface area contributed by atoms with E-state index >= 15 is 0 Å². The summed E-state index contributed by atoms with van der Waals surface area (Å²) in [5, 5.41) is 7.87. The monoisotopic (exact) mass is 432 g/mol. The van der Waals surface area contributed by atoms with Crippen molar-refractivity contribution in [3.05, 3.63) is 82.2 Å². The van der Waals surface area contributed by atoms with Gasteiger partial charge < -0.3 is 10.2 Å². The van der Waals surface area contributed by atoms with E-state index in [9.17, 15) is 9.18 Å². The molecular formula is C24H25FN6O. The van der Waals surface area contributed by atoms with Gasteiger partial charge in [0.2, 0.25) is 0 Å². The molecule has 0 amide bonds. The fourth-order valence-electron chi connectivity index (χ4n) is 4.76. The molecule has 32 heavy (non-hydrogen) atoms.